The van der Waals surface area contributed by atoms with Crippen LogP contribution in [0.2, 0.25) is 0 Å². The molecule has 0 aliphatic carbocycles. The van der Waals surface area contributed by atoms with E-state index in [0.29, 0.717) is 0 Å². The second-order valence-corrected chi connectivity index (χ2v) is 9.45. The lowest BCUT2D eigenvalue weighted by molar-refractivity contribution is -0.127. The van der Waals surface area contributed by atoms with Gasteiger partial charge in [0.25, 0.3) is 0 Å². The van der Waals surface area contributed by atoms with E-state index < -0.39 is 10.8 Å². The van der Waals surface area contributed by atoms with E-state index in [0.717, 1.165) is 26.5 Å². The summed E-state index contributed by atoms with van der Waals surface area (Å²) >= 11 is 3.09. The minimum atomic E-state index is -0.786. The summed E-state index contributed by atoms with van der Waals surface area (Å²) in [6.07, 6.45) is 3.57. The minimum absolute atomic E-state index is 0.0549. The first-order valence-corrected chi connectivity index (χ1v) is 11.5. The van der Waals surface area contributed by atoms with E-state index in [1.54, 1.807) is 31.5 Å². The average molecular weight is 447 g/mol. The Labute approximate surface area is 190 Å². The van der Waals surface area contributed by atoms with Crippen molar-refractivity contribution in [3.05, 3.63) is 70.7 Å². The third-order valence-electron chi connectivity index (χ3n) is 5.19. The number of hydrogen-bond donors (Lipinski definition) is 1. The summed E-state index contributed by atoms with van der Waals surface area (Å²) in [6, 6.07) is 14.0. The van der Waals surface area contributed by atoms with Gasteiger partial charge in [0.15, 0.2) is 5.96 Å². The molecule has 1 amide bonds. The number of pyridine rings is 1. The van der Waals surface area contributed by atoms with E-state index in [1.807, 2.05) is 49.5 Å². The number of aromatic nitrogens is 1. The van der Waals surface area contributed by atoms with Gasteiger partial charge >= 0.3 is 0 Å². The summed E-state index contributed by atoms with van der Waals surface area (Å²) < 4.78 is 0. The third-order valence-corrected chi connectivity index (χ3v) is 7.79. The average Bonchev–Trinajstić information content (AvgIpc) is 3.28. The molecule has 3 aromatic rings. The maximum atomic E-state index is 13.2. The zero-order valence-corrected chi connectivity index (χ0v) is 19.1. The number of guanidine groups is 1. The Hall–Kier alpha value is -3.08. The van der Waals surface area contributed by atoms with Crippen molar-refractivity contribution in [1.29, 1.82) is 0 Å². The van der Waals surface area contributed by atoms with Crippen LogP contribution in [0.4, 0.5) is 0 Å². The van der Waals surface area contributed by atoms with Crippen molar-refractivity contribution >= 4 is 35.0 Å². The van der Waals surface area contributed by atoms with E-state index in [2.05, 4.69) is 28.3 Å². The fourth-order valence-electron chi connectivity index (χ4n) is 3.45. The molecule has 0 spiro atoms. The van der Waals surface area contributed by atoms with E-state index >= 15 is 0 Å². The molecule has 1 aliphatic rings. The molecule has 1 unspecified atom stereocenters. The Bertz CT molecular complexity index is 1210. The van der Waals surface area contributed by atoms with Crippen molar-refractivity contribution in [3.8, 4) is 23.0 Å². The lowest BCUT2D eigenvalue weighted by Gasteiger charge is -2.39. The highest BCUT2D eigenvalue weighted by molar-refractivity contribution is 8.00. The van der Waals surface area contributed by atoms with Crippen LogP contribution < -0.4 is 5.73 Å². The fraction of sp³-hybridized carbons (Fsp3) is 0.208. The van der Waals surface area contributed by atoms with Crippen molar-refractivity contribution < 1.29 is 4.79 Å². The Morgan fingerprint density at radius 1 is 1.19 bits per heavy atom. The number of aliphatic imine (C=N–C) groups is 1. The van der Waals surface area contributed by atoms with Crippen molar-refractivity contribution in [1.82, 2.24) is 9.88 Å². The first kappa shape index (κ1) is 21.2. The number of carbonyl (C=O) groups excluding carboxylic acids is 1. The zero-order chi connectivity index (χ0) is 22.0. The van der Waals surface area contributed by atoms with Crippen molar-refractivity contribution in [2.24, 2.45) is 10.7 Å². The van der Waals surface area contributed by atoms with Gasteiger partial charge in [0.2, 0.25) is 5.91 Å². The minimum Gasteiger partial charge on any atom is -0.369 e. The molecule has 0 saturated carbocycles. The molecule has 5 nitrogen and oxygen atoms in total. The predicted molar refractivity (Wildman–Crippen MR) is 128 cm³/mol. The molecule has 2 atom stereocenters. The quantitative estimate of drug-likeness (QED) is 0.605. The maximum Gasteiger partial charge on any atom is 0.245 e. The van der Waals surface area contributed by atoms with Crippen LogP contribution in [-0.2, 0) is 10.3 Å². The third kappa shape index (κ3) is 4.09. The summed E-state index contributed by atoms with van der Waals surface area (Å²) in [5, 5.41) is 1.63. The lowest BCUT2D eigenvalue weighted by atomic mass is 9.92. The molecule has 0 fully saturated rings. The van der Waals surface area contributed by atoms with Crippen molar-refractivity contribution in [2.45, 2.75) is 29.5 Å². The van der Waals surface area contributed by atoms with Crippen LogP contribution in [0.15, 0.2) is 70.1 Å². The van der Waals surface area contributed by atoms with E-state index in [9.17, 15) is 4.79 Å². The number of thioether (sulfide) groups is 1. The topological polar surface area (TPSA) is 71.6 Å². The molecule has 2 N–H and O–H groups in total. The first-order chi connectivity index (χ1) is 14.9. The predicted octanol–water partition coefficient (Wildman–Crippen LogP) is 4.34. The van der Waals surface area contributed by atoms with Gasteiger partial charge in [0.1, 0.15) is 10.8 Å². The Balaban J connectivity index is 1.75. The molecule has 0 radical (unpaired) electrons. The van der Waals surface area contributed by atoms with Crippen LogP contribution in [0.25, 0.3) is 11.1 Å². The van der Waals surface area contributed by atoms with E-state index in [-0.39, 0.29) is 11.9 Å². The molecule has 156 valence electrons. The number of carbonyl (C=O) groups is 1. The van der Waals surface area contributed by atoms with Gasteiger partial charge in [-0.1, -0.05) is 24.1 Å². The molecule has 3 heterocycles. The molecule has 0 bridgehead atoms. The van der Waals surface area contributed by atoms with Gasteiger partial charge in [-0.15, -0.1) is 29.0 Å². The second-order valence-electron chi connectivity index (χ2n) is 7.36. The molecule has 0 saturated heterocycles. The highest BCUT2D eigenvalue weighted by Crippen LogP contribution is 2.45. The first-order valence-electron chi connectivity index (χ1n) is 9.74. The van der Waals surface area contributed by atoms with E-state index in [1.165, 1.54) is 16.7 Å². The Morgan fingerprint density at radius 3 is 2.71 bits per heavy atom. The number of amides is 1. The molecule has 1 aliphatic heterocycles. The number of rotatable bonds is 4. The van der Waals surface area contributed by atoms with Gasteiger partial charge in [0, 0.05) is 40.3 Å². The molecule has 4 rings (SSSR count). The van der Waals surface area contributed by atoms with Crippen LogP contribution in [0.3, 0.4) is 0 Å². The molecular formula is C24H22N4OS2. The summed E-state index contributed by atoms with van der Waals surface area (Å²) in [5.74, 6) is 6.13. The largest absolute Gasteiger partial charge is 0.369 e. The zero-order valence-electron chi connectivity index (χ0n) is 17.5. The monoisotopic (exact) mass is 446 g/mol. The van der Waals surface area contributed by atoms with Crippen molar-refractivity contribution in [2.75, 3.05) is 7.05 Å². The van der Waals surface area contributed by atoms with Gasteiger partial charge in [-0.05, 0) is 49.1 Å². The molecular weight excluding hydrogens is 424 g/mol. The van der Waals surface area contributed by atoms with Crippen LogP contribution in [0, 0.1) is 11.8 Å². The SMILES string of the molecule is CC#Cc1cncc(-c2csc([C@@]3(C)N=C(N)N(C)C(=O)C3Sc3ccccc3)c2)c1. The smallest absolute Gasteiger partial charge is 0.245 e. The number of thiophene rings is 1. The maximum absolute atomic E-state index is 13.2. The van der Waals surface area contributed by atoms with Gasteiger partial charge < -0.3 is 5.73 Å². The highest BCUT2D eigenvalue weighted by atomic mass is 32.2. The molecule has 31 heavy (non-hydrogen) atoms. The van der Waals surface area contributed by atoms with Crippen LogP contribution >= 0.6 is 23.1 Å². The number of nitrogens with two attached hydrogens (primary N) is 1. The molecule has 7 heteroatoms. The highest BCUT2D eigenvalue weighted by Gasteiger charge is 2.47. The Kier molecular flexibility index (Phi) is 5.86. The van der Waals surface area contributed by atoms with Gasteiger partial charge in [-0.25, -0.2) is 4.99 Å². The molecule has 2 aromatic heterocycles. The van der Waals surface area contributed by atoms with E-state index in [4.69, 9.17) is 10.7 Å². The van der Waals surface area contributed by atoms with Crippen LogP contribution in [-0.4, -0.2) is 34.0 Å². The summed E-state index contributed by atoms with van der Waals surface area (Å²) in [5.41, 5.74) is 8.22. The summed E-state index contributed by atoms with van der Waals surface area (Å²) in [6.45, 7) is 3.79. The standard InChI is InChI=1S/C24H22N4OS2/c1-4-8-16-11-17(14-26-13-16)18-12-20(30-15-18)24(2)21(22(29)28(3)23(25)27-24)31-19-9-6-5-7-10-19/h5-7,9-15,21H,1-3H3,(H2,25,27)/t21?,24-/m1/s1. The number of benzene rings is 1. The second kappa shape index (κ2) is 8.58. The Morgan fingerprint density at radius 2 is 1.97 bits per heavy atom. The fourth-order valence-corrected chi connectivity index (χ4v) is 5.83. The van der Waals surface area contributed by atoms with Gasteiger partial charge in [0.05, 0.1) is 0 Å². The summed E-state index contributed by atoms with van der Waals surface area (Å²) in [4.78, 5) is 25.8. The van der Waals surface area contributed by atoms with Crippen LogP contribution in [0.1, 0.15) is 24.3 Å². The normalized spacial score (nSPS) is 20.7. The lowest BCUT2D eigenvalue weighted by Crippen LogP contribution is -2.55. The van der Waals surface area contributed by atoms with Gasteiger partial charge in [-0.3, -0.25) is 14.7 Å². The molecule has 1 aromatic carbocycles. The summed E-state index contributed by atoms with van der Waals surface area (Å²) in [7, 11) is 1.67. The van der Waals surface area contributed by atoms with Gasteiger partial charge in [-0.2, -0.15) is 0 Å². The van der Waals surface area contributed by atoms with Crippen molar-refractivity contribution in [3.63, 3.8) is 0 Å². The van der Waals surface area contributed by atoms with Crippen LogP contribution in [0.5, 0.6) is 0 Å². The number of nitrogens with zero attached hydrogens (tertiary/aromatic N) is 3. The number of hydrogen-bond acceptors (Lipinski definition) is 6.